The van der Waals surface area contributed by atoms with Crippen LogP contribution in [-0.4, -0.2) is 37.2 Å². The minimum absolute atomic E-state index is 0.150. The van der Waals surface area contributed by atoms with Gasteiger partial charge in [-0.1, -0.05) is 19.1 Å². The van der Waals surface area contributed by atoms with E-state index >= 15 is 0 Å². The van der Waals surface area contributed by atoms with Crippen LogP contribution in [0.25, 0.3) is 10.9 Å². The van der Waals surface area contributed by atoms with Gasteiger partial charge in [-0.25, -0.2) is 18.5 Å². The van der Waals surface area contributed by atoms with E-state index in [2.05, 4.69) is 27.5 Å². The summed E-state index contributed by atoms with van der Waals surface area (Å²) in [4.78, 5) is 8.81. The number of sulfonamides is 1. The van der Waals surface area contributed by atoms with Crippen LogP contribution in [0.2, 0.25) is 0 Å². The first-order chi connectivity index (χ1) is 9.99. The van der Waals surface area contributed by atoms with Gasteiger partial charge in [0.15, 0.2) is 0 Å². The monoisotopic (exact) mass is 309 g/mol. The van der Waals surface area contributed by atoms with Crippen molar-refractivity contribution < 1.29 is 8.42 Å². The highest BCUT2D eigenvalue weighted by Crippen LogP contribution is 2.21. The third-order valence-electron chi connectivity index (χ3n) is 2.82. The fourth-order valence-electron chi connectivity index (χ4n) is 1.84. The largest absolute Gasteiger partial charge is 0.368 e. The van der Waals surface area contributed by atoms with Crippen molar-refractivity contribution in [1.82, 2.24) is 9.97 Å². The molecule has 2 aromatic rings. The highest BCUT2D eigenvalue weighted by atomic mass is 32.2. The summed E-state index contributed by atoms with van der Waals surface area (Å²) in [5.41, 5.74) is 0.796. The van der Waals surface area contributed by atoms with Gasteiger partial charge in [0.05, 0.1) is 11.3 Å². The number of primary sulfonamides is 1. The maximum absolute atomic E-state index is 11.0. The molecule has 0 atom stereocenters. The molecule has 4 N–H and O–H groups in total. The zero-order valence-corrected chi connectivity index (χ0v) is 12.7. The number of nitrogens with two attached hydrogens (primary N) is 1. The number of anilines is 2. The molecule has 0 aliphatic heterocycles. The van der Waals surface area contributed by atoms with Crippen LogP contribution in [0.4, 0.5) is 11.8 Å². The van der Waals surface area contributed by atoms with Gasteiger partial charge in [-0.2, -0.15) is 4.98 Å². The summed E-state index contributed by atoms with van der Waals surface area (Å²) in [6, 6.07) is 7.56. The fourth-order valence-corrected chi connectivity index (χ4v) is 2.23. The number of nitrogens with zero attached hydrogens (tertiary/aromatic N) is 2. The number of aromatic nitrogens is 2. The van der Waals surface area contributed by atoms with Gasteiger partial charge >= 0.3 is 0 Å². The van der Waals surface area contributed by atoms with Crippen LogP contribution in [0.1, 0.15) is 13.3 Å². The Bertz CT molecular complexity index is 718. The average molecular weight is 309 g/mol. The van der Waals surface area contributed by atoms with E-state index in [1.807, 2.05) is 24.3 Å². The van der Waals surface area contributed by atoms with Crippen LogP contribution >= 0.6 is 0 Å². The maximum Gasteiger partial charge on any atom is 0.225 e. The molecular formula is C13H19N5O2S. The predicted octanol–water partition coefficient (Wildman–Crippen LogP) is 1.15. The second kappa shape index (κ2) is 6.68. The van der Waals surface area contributed by atoms with Crippen LogP contribution in [0.15, 0.2) is 24.3 Å². The van der Waals surface area contributed by atoms with Gasteiger partial charge in [-0.05, 0) is 18.6 Å². The van der Waals surface area contributed by atoms with Gasteiger partial charge in [0, 0.05) is 18.5 Å². The number of rotatable bonds is 7. The average Bonchev–Trinajstić information content (AvgIpc) is 2.43. The summed E-state index contributed by atoms with van der Waals surface area (Å²) < 4.78 is 22.0. The van der Waals surface area contributed by atoms with Gasteiger partial charge in [-0.15, -0.1) is 0 Å². The lowest BCUT2D eigenvalue weighted by Crippen LogP contribution is -2.22. The van der Waals surface area contributed by atoms with E-state index in [4.69, 9.17) is 5.14 Å². The molecule has 8 heteroatoms. The van der Waals surface area contributed by atoms with E-state index < -0.39 is 10.0 Å². The Morgan fingerprint density at radius 3 is 2.62 bits per heavy atom. The molecule has 1 aromatic heterocycles. The summed E-state index contributed by atoms with van der Waals surface area (Å²) in [6.07, 6.45) is 0.963. The Hall–Kier alpha value is -1.93. The van der Waals surface area contributed by atoms with Crippen LogP contribution < -0.4 is 15.8 Å². The first kappa shape index (κ1) is 15.5. The predicted molar refractivity (Wildman–Crippen MR) is 84.8 cm³/mol. The van der Waals surface area contributed by atoms with E-state index in [0.717, 1.165) is 23.9 Å². The first-order valence-corrected chi connectivity index (χ1v) is 8.46. The van der Waals surface area contributed by atoms with Crippen LogP contribution in [-0.2, 0) is 10.0 Å². The topological polar surface area (TPSA) is 110 Å². The van der Waals surface area contributed by atoms with Crippen molar-refractivity contribution >= 4 is 32.7 Å². The summed E-state index contributed by atoms with van der Waals surface area (Å²) in [6.45, 7) is 3.03. The minimum Gasteiger partial charge on any atom is -0.368 e. The van der Waals surface area contributed by atoms with Crippen molar-refractivity contribution in [3.05, 3.63) is 24.3 Å². The third kappa shape index (κ3) is 4.54. The summed E-state index contributed by atoms with van der Waals surface area (Å²) in [7, 11) is -3.49. The molecule has 0 aliphatic rings. The zero-order chi connectivity index (χ0) is 15.3. The van der Waals surface area contributed by atoms with Gasteiger partial charge in [0.1, 0.15) is 5.82 Å². The third-order valence-corrected chi connectivity index (χ3v) is 3.59. The highest BCUT2D eigenvalue weighted by molar-refractivity contribution is 7.89. The molecule has 0 amide bonds. The molecule has 21 heavy (non-hydrogen) atoms. The molecule has 1 aromatic carbocycles. The number of hydrogen-bond donors (Lipinski definition) is 3. The number of nitrogens with one attached hydrogen (secondary N) is 2. The zero-order valence-electron chi connectivity index (χ0n) is 11.8. The molecular weight excluding hydrogens is 290 g/mol. The van der Waals surface area contributed by atoms with Crippen molar-refractivity contribution in [1.29, 1.82) is 0 Å². The Balaban J connectivity index is 2.26. The molecule has 0 bridgehead atoms. The van der Waals surface area contributed by atoms with Crippen LogP contribution in [0, 0.1) is 0 Å². The second-order valence-corrected chi connectivity index (χ2v) is 6.37. The Kier molecular flexibility index (Phi) is 4.92. The lowest BCUT2D eigenvalue weighted by molar-refractivity contribution is 0.598. The lowest BCUT2D eigenvalue weighted by Gasteiger charge is -2.11. The van der Waals surface area contributed by atoms with Crippen molar-refractivity contribution in [3.8, 4) is 0 Å². The molecule has 114 valence electrons. The molecule has 0 fully saturated rings. The summed E-state index contributed by atoms with van der Waals surface area (Å²) in [5, 5.41) is 12.0. The standard InChI is InChI=1S/C13H19N5O2S/c1-2-7-16-13-17-11-6-4-3-5-10(11)12(18-13)15-8-9-21(14,19)20/h3-6H,2,7-9H2,1H3,(H2,14,19,20)(H2,15,16,17,18). The van der Waals surface area contributed by atoms with E-state index in [1.165, 1.54) is 0 Å². The number of para-hydroxylation sites is 1. The number of benzene rings is 1. The van der Waals surface area contributed by atoms with Crippen molar-refractivity contribution in [2.75, 3.05) is 29.5 Å². The molecule has 0 aliphatic carbocycles. The van der Waals surface area contributed by atoms with Crippen molar-refractivity contribution in [2.45, 2.75) is 13.3 Å². The van der Waals surface area contributed by atoms with Gasteiger partial charge in [0.2, 0.25) is 16.0 Å². The van der Waals surface area contributed by atoms with Gasteiger partial charge in [0.25, 0.3) is 0 Å². The van der Waals surface area contributed by atoms with Crippen LogP contribution in [0.3, 0.4) is 0 Å². The highest BCUT2D eigenvalue weighted by Gasteiger charge is 2.08. The molecule has 0 radical (unpaired) electrons. The summed E-state index contributed by atoms with van der Waals surface area (Å²) >= 11 is 0. The second-order valence-electron chi connectivity index (χ2n) is 4.63. The van der Waals surface area contributed by atoms with Gasteiger partial charge < -0.3 is 10.6 Å². The quantitative estimate of drug-likeness (QED) is 0.708. The normalized spacial score (nSPS) is 11.5. The molecule has 0 unspecified atom stereocenters. The molecule has 0 saturated heterocycles. The SMILES string of the molecule is CCCNc1nc(NCCS(N)(=O)=O)c2ccccc2n1. The minimum atomic E-state index is -3.49. The van der Waals surface area contributed by atoms with Crippen LogP contribution in [0.5, 0.6) is 0 Å². The fraction of sp³-hybridized carbons (Fsp3) is 0.385. The van der Waals surface area contributed by atoms with Gasteiger partial charge in [-0.3, -0.25) is 0 Å². The van der Waals surface area contributed by atoms with E-state index in [9.17, 15) is 8.42 Å². The maximum atomic E-state index is 11.0. The summed E-state index contributed by atoms with van der Waals surface area (Å²) in [5.74, 6) is 0.972. The molecule has 7 nitrogen and oxygen atoms in total. The molecule has 0 saturated carbocycles. The Morgan fingerprint density at radius 2 is 1.90 bits per heavy atom. The first-order valence-electron chi connectivity index (χ1n) is 6.74. The number of fused-ring (bicyclic) bond motifs is 1. The molecule has 0 spiro atoms. The van der Waals surface area contributed by atoms with Crippen molar-refractivity contribution in [2.24, 2.45) is 5.14 Å². The number of hydrogen-bond acceptors (Lipinski definition) is 6. The lowest BCUT2D eigenvalue weighted by atomic mass is 10.2. The molecule has 1 heterocycles. The smallest absolute Gasteiger partial charge is 0.225 e. The Morgan fingerprint density at radius 1 is 1.14 bits per heavy atom. The van der Waals surface area contributed by atoms with Crippen molar-refractivity contribution in [3.63, 3.8) is 0 Å². The van der Waals surface area contributed by atoms with E-state index in [-0.39, 0.29) is 12.3 Å². The Labute approximate surface area is 124 Å². The van der Waals surface area contributed by atoms with E-state index in [0.29, 0.717) is 11.8 Å². The van der Waals surface area contributed by atoms with E-state index in [1.54, 1.807) is 0 Å². The molecule has 2 rings (SSSR count).